The van der Waals surface area contributed by atoms with Crippen molar-refractivity contribution >= 4 is 15.7 Å². The molecule has 1 aromatic carbocycles. The Hall–Kier alpha value is -2.21. The van der Waals surface area contributed by atoms with Gasteiger partial charge in [0.1, 0.15) is 5.69 Å². The Balaban J connectivity index is 2.12. The van der Waals surface area contributed by atoms with E-state index in [0.29, 0.717) is 5.69 Å². The second-order valence-electron chi connectivity index (χ2n) is 5.20. The lowest BCUT2D eigenvalue weighted by atomic mass is 10.1. The largest absolute Gasteiger partial charge is 0.344 e. The molecule has 2 rings (SSSR count). The van der Waals surface area contributed by atoms with E-state index in [1.54, 1.807) is 24.3 Å². The van der Waals surface area contributed by atoms with Gasteiger partial charge >= 0.3 is 0 Å². The summed E-state index contributed by atoms with van der Waals surface area (Å²) in [7, 11) is -3.21. The molecule has 0 aliphatic carbocycles. The van der Waals surface area contributed by atoms with E-state index in [2.05, 4.69) is 10.3 Å². The number of hydrogen-bond donors (Lipinski definition) is 1. The maximum absolute atomic E-state index is 12.1. The van der Waals surface area contributed by atoms with Gasteiger partial charge in [0.25, 0.3) is 5.91 Å². The van der Waals surface area contributed by atoms with Gasteiger partial charge in [-0.25, -0.2) is 13.4 Å². The van der Waals surface area contributed by atoms with Crippen LogP contribution in [0, 0.1) is 6.92 Å². The van der Waals surface area contributed by atoms with Crippen molar-refractivity contribution in [2.45, 2.75) is 24.8 Å². The topological polar surface area (TPSA) is 76.1 Å². The normalized spacial score (nSPS) is 12.7. The van der Waals surface area contributed by atoms with Gasteiger partial charge in [0.15, 0.2) is 9.84 Å². The van der Waals surface area contributed by atoms with Gasteiger partial charge in [-0.1, -0.05) is 18.2 Å². The molecule has 5 nitrogen and oxygen atoms in total. The van der Waals surface area contributed by atoms with Crippen LogP contribution >= 0.6 is 0 Å². The van der Waals surface area contributed by atoms with Gasteiger partial charge in [0.05, 0.1) is 10.9 Å². The minimum Gasteiger partial charge on any atom is -0.344 e. The molecule has 0 saturated carbocycles. The molecule has 22 heavy (non-hydrogen) atoms. The fourth-order valence-corrected chi connectivity index (χ4v) is 2.66. The van der Waals surface area contributed by atoms with Gasteiger partial charge in [0, 0.05) is 11.9 Å². The first kappa shape index (κ1) is 16.2. The van der Waals surface area contributed by atoms with Crippen LogP contribution in [-0.4, -0.2) is 25.6 Å². The van der Waals surface area contributed by atoms with Crippen LogP contribution in [0.25, 0.3) is 0 Å². The van der Waals surface area contributed by atoms with Crippen LogP contribution in [0.15, 0.2) is 47.4 Å². The molecule has 0 radical (unpaired) electrons. The third kappa shape index (κ3) is 3.92. The van der Waals surface area contributed by atoms with Crippen molar-refractivity contribution < 1.29 is 13.2 Å². The summed E-state index contributed by atoms with van der Waals surface area (Å²) in [6.45, 7) is 3.66. The van der Waals surface area contributed by atoms with Crippen molar-refractivity contribution in [1.82, 2.24) is 10.3 Å². The molecule has 6 heteroatoms. The molecular weight excluding hydrogens is 300 g/mol. The zero-order valence-corrected chi connectivity index (χ0v) is 13.5. The number of aryl methyl sites for hydroxylation is 1. The van der Waals surface area contributed by atoms with Crippen molar-refractivity contribution in [3.8, 4) is 0 Å². The number of nitrogens with zero attached hydrogens (tertiary/aromatic N) is 1. The monoisotopic (exact) mass is 318 g/mol. The van der Waals surface area contributed by atoms with Gasteiger partial charge in [-0.2, -0.15) is 0 Å². The Morgan fingerprint density at radius 1 is 1.14 bits per heavy atom. The molecule has 1 aromatic heterocycles. The van der Waals surface area contributed by atoms with Gasteiger partial charge in [-0.05, 0) is 43.7 Å². The Morgan fingerprint density at radius 2 is 1.77 bits per heavy atom. The number of benzene rings is 1. The fraction of sp³-hybridized carbons (Fsp3) is 0.250. The Kier molecular flexibility index (Phi) is 4.61. The summed E-state index contributed by atoms with van der Waals surface area (Å²) in [5.41, 5.74) is 1.96. The summed E-state index contributed by atoms with van der Waals surface area (Å²) in [6.07, 6.45) is 1.16. The van der Waals surface area contributed by atoms with Crippen molar-refractivity contribution in [3.63, 3.8) is 0 Å². The minimum absolute atomic E-state index is 0.247. The number of carbonyl (C=O) groups excluding carboxylic acids is 1. The van der Waals surface area contributed by atoms with Crippen LogP contribution in [0.4, 0.5) is 0 Å². The summed E-state index contributed by atoms with van der Waals surface area (Å²) in [5, 5.41) is 2.85. The van der Waals surface area contributed by atoms with Crippen LogP contribution in [-0.2, 0) is 9.84 Å². The molecule has 2 aromatic rings. The van der Waals surface area contributed by atoms with Crippen molar-refractivity contribution in [1.29, 1.82) is 0 Å². The lowest BCUT2D eigenvalue weighted by molar-refractivity contribution is 0.0934. The number of carbonyl (C=O) groups is 1. The number of nitrogens with one attached hydrogen (secondary N) is 1. The average molecular weight is 318 g/mol. The Morgan fingerprint density at radius 3 is 2.32 bits per heavy atom. The molecule has 0 bridgehead atoms. The Labute approximate surface area is 130 Å². The first-order chi connectivity index (χ1) is 10.3. The summed E-state index contributed by atoms with van der Waals surface area (Å²) in [4.78, 5) is 16.6. The van der Waals surface area contributed by atoms with E-state index in [1.165, 1.54) is 12.1 Å². The van der Waals surface area contributed by atoms with E-state index in [9.17, 15) is 13.2 Å². The number of amides is 1. The molecule has 1 heterocycles. The molecule has 1 unspecified atom stereocenters. The lowest BCUT2D eigenvalue weighted by Crippen LogP contribution is -2.27. The van der Waals surface area contributed by atoms with Gasteiger partial charge in [-0.15, -0.1) is 0 Å². The summed E-state index contributed by atoms with van der Waals surface area (Å²) in [5.74, 6) is -0.261. The zero-order chi connectivity index (χ0) is 16.3. The standard InChI is InChI=1S/C16H18N2O3S/c1-11-5-4-6-15(17-11)16(19)18-12(2)13-7-9-14(10-8-13)22(3,20)21/h4-10,12H,1-3H3,(H,18,19). The third-order valence-electron chi connectivity index (χ3n) is 3.28. The first-order valence-electron chi connectivity index (χ1n) is 6.82. The number of aromatic nitrogens is 1. The molecule has 1 N–H and O–H groups in total. The van der Waals surface area contributed by atoms with E-state index in [1.807, 2.05) is 19.9 Å². The third-order valence-corrected chi connectivity index (χ3v) is 4.41. The van der Waals surface area contributed by atoms with E-state index >= 15 is 0 Å². The summed E-state index contributed by atoms with van der Waals surface area (Å²) < 4.78 is 22.9. The predicted molar refractivity (Wildman–Crippen MR) is 84.4 cm³/mol. The van der Waals surface area contributed by atoms with Crippen LogP contribution in [0.5, 0.6) is 0 Å². The highest BCUT2D eigenvalue weighted by molar-refractivity contribution is 7.90. The summed E-state index contributed by atoms with van der Waals surface area (Å²) >= 11 is 0. The van der Waals surface area contributed by atoms with Crippen LogP contribution < -0.4 is 5.32 Å². The molecule has 1 amide bonds. The average Bonchev–Trinajstić information content (AvgIpc) is 2.46. The number of hydrogen-bond acceptors (Lipinski definition) is 4. The molecule has 0 aliphatic rings. The maximum Gasteiger partial charge on any atom is 0.270 e. The van der Waals surface area contributed by atoms with Crippen LogP contribution in [0.2, 0.25) is 0 Å². The second kappa shape index (κ2) is 6.27. The quantitative estimate of drug-likeness (QED) is 0.938. The second-order valence-corrected chi connectivity index (χ2v) is 7.22. The highest BCUT2D eigenvalue weighted by atomic mass is 32.2. The first-order valence-corrected chi connectivity index (χ1v) is 8.71. The Bertz CT molecular complexity index is 783. The van der Waals surface area contributed by atoms with Crippen molar-refractivity contribution in [2.75, 3.05) is 6.26 Å². The molecule has 116 valence electrons. The number of sulfone groups is 1. The molecule has 0 spiro atoms. The highest BCUT2D eigenvalue weighted by Crippen LogP contribution is 2.16. The molecule has 0 fully saturated rings. The lowest BCUT2D eigenvalue weighted by Gasteiger charge is -2.14. The van der Waals surface area contributed by atoms with Gasteiger partial charge in [0.2, 0.25) is 0 Å². The smallest absolute Gasteiger partial charge is 0.270 e. The molecule has 1 atom stereocenters. The van der Waals surface area contributed by atoms with E-state index in [4.69, 9.17) is 0 Å². The predicted octanol–water partition coefficient (Wildman–Crippen LogP) is 2.28. The highest BCUT2D eigenvalue weighted by Gasteiger charge is 2.13. The van der Waals surface area contributed by atoms with E-state index < -0.39 is 9.84 Å². The molecule has 0 saturated heterocycles. The van der Waals surface area contributed by atoms with Crippen LogP contribution in [0.3, 0.4) is 0 Å². The number of rotatable bonds is 4. The fourth-order valence-electron chi connectivity index (χ4n) is 2.03. The molecular formula is C16H18N2O3S. The summed E-state index contributed by atoms with van der Waals surface area (Å²) in [6, 6.07) is 11.5. The van der Waals surface area contributed by atoms with Gasteiger partial charge < -0.3 is 5.32 Å². The SMILES string of the molecule is Cc1cccc(C(=O)NC(C)c2ccc(S(C)(=O)=O)cc2)n1. The van der Waals surface area contributed by atoms with E-state index in [-0.39, 0.29) is 16.8 Å². The zero-order valence-electron chi connectivity index (χ0n) is 12.7. The van der Waals surface area contributed by atoms with E-state index in [0.717, 1.165) is 17.5 Å². The van der Waals surface area contributed by atoms with Crippen molar-refractivity contribution in [3.05, 3.63) is 59.4 Å². The van der Waals surface area contributed by atoms with Crippen molar-refractivity contribution in [2.24, 2.45) is 0 Å². The molecule has 0 aliphatic heterocycles. The maximum atomic E-state index is 12.1. The van der Waals surface area contributed by atoms with Gasteiger partial charge in [-0.3, -0.25) is 4.79 Å². The van der Waals surface area contributed by atoms with Crippen LogP contribution in [0.1, 0.15) is 34.7 Å². The minimum atomic E-state index is -3.21. The number of pyridine rings is 1.